The zero-order chi connectivity index (χ0) is 18.9. The first-order valence-electron chi connectivity index (χ1n) is 7.62. The third kappa shape index (κ3) is 3.98. The highest BCUT2D eigenvalue weighted by atomic mass is 35.5. The van der Waals surface area contributed by atoms with Gasteiger partial charge >= 0.3 is 0 Å². The molecule has 1 amide bonds. The Morgan fingerprint density at radius 1 is 1.27 bits per heavy atom. The molecular formula is C17H15ClN2O4S2. The van der Waals surface area contributed by atoms with E-state index >= 15 is 0 Å². The average molecular weight is 411 g/mol. The summed E-state index contributed by atoms with van der Waals surface area (Å²) >= 11 is 7.34. The minimum atomic E-state index is -3.44. The Labute approximate surface area is 159 Å². The molecule has 6 nitrogen and oxygen atoms in total. The lowest BCUT2D eigenvalue weighted by atomic mass is 10.2. The van der Waals surface area contributed by atoms with Gasteiger partial charge in [0.2, 0.25) is 0 Å². The lowest BCUT2D eigenvalue weighted by Gasteiger charge is -2.06. The molecule has 1 heterocycles. The van der Waals surface area contributed by atoms with Crippen LogP contribution in [-0.2, 0) is 9.84 Å². The second-order valence-electron chi connectivity index (χ2n) is 5.45. The molecule has 9 heteroatoms. The molecule has 0 fully saturated rings. The Balaban J connectivity index is 1.89. The van der Waals surface area contributed by atoms with Crippen LogP contribution >= 0.6 is 22.9 Å². The number of anilines is 1. The van der Waals surface area contributed by atoms with Gasteiger partial charge in [-0.05, 0) is 43.3 Å². The van der Waals surface area contributed by atoms with Crippen LogP contribution in [0.2, 0.25) is 5.02 Å². The minimum Gasteiger partial charge on any atom is -0.494 e. The van der Waals surface area contributed by atoms with Gasteiger partial charge < -0.3 is 4.74 Å². The Kier molecular flexibility index (Phi) is 5.17. The summed E-state index contributed by atoms with van der Waals surface area (Å²) < 4.78 is 29.7. The number of sulfone groups is 1. The molecule has 2 aromatic carbocycles. The zero-order valence-electron chi connectivity index (χ0n) is 13.9. The van der Waals surface area contributed by atoms with Gasteiger partial charge in [-0.2, -0.15) is 0 Å². The highest BCUT2D eigenvalue weighted by Gasteiger charge is 2.17. The summed E-state index contributed by atoms with van der Waals surface area (Å²) in [5.41, 5.74) is 0.800. The lowest BCUT2D eigenvalue weighted by Crippen LogP contribution is -2.13. The maximum Gasteiger partial charge on any atom is 0.259 e. The summed E-state index contributed by atoms with van der Waals surface area (Å²) in [5.74, 6) is 0.204. The molecule has 1 N–H and O–H groups in total. The van der Waals surface area contributed by atoms with Gasteiger partial charge in [0.25, 0.3) is 5.91 Å². The van der Waals surface area contributed by atoms with Crippen molar-refractivity contribution in [2.45, 2.75) is 11.8 Å². The maximum atomic E-state index is 12.5. The van der Waals surface area contributed by atoms with E-state index in [2.05, 4.69) is 10.3 Å². The second-order valence-corrected chi connectivity index (χ2v) is 8.90. The van der Waals surface area contributed by atoms with Crippen LogP contribution in [0.15, 0.2) is 41.3 Å². The molecule has 136 valence electrons. The summed E-state index contributed by atoms with van der Waals surface area (Å²) in [4.78, 5) is 16.9. The standard InChI is InChI=1S/C17H15ClN2O4S2/c1-3-24-10-4-7-14-15(8-10)25-17(19-14)20-16(21)12-9-11(26(2,22)23)5-6-13(12)18/h4-9H,3H2,1-2H3,(H,19,20,21). The van der Waals surface area contributed by atoms with Crippen LogP contribution in [0, 0.1) is 0 Å². The van der Waals surface area contributed by atoms with Crippen molar-refractivity contribution < 1.29 is 17.9 Å². The second kappa shape index (κ2) is 7.22. The first-order chi connectivity index (χ1) is 12.3. The molecule has 3 rings (SSSR count). The van der Waals surface area contributed by atoms with E-state index in [9.17, 15) is 13.2 Å². The Morgan fingerprint density at radius 3 is 2.73 bits per heavy atom. The number of benzene rings is 2. The number of thiazole rings is 1. The molecule has 0 aliphatic heterocycles. The topological polar surface area (TPSA) is 85.4 Å². The van der Waals surface area contributed by atoms with Crippen LogP contribution in [0.3, 0.4) is 0 Å². The molecule has 0 atom stereocenters. The van der Waals surface area contributed by atoms with Crippen molar-refractivity contribution in [3.8, 4) is 5.75 Å². The molecule has 0 aliphatic rings. The van der Waals surface area contributed by atoms with E-state index < -0.39 is 15.7 Å². The van der Waals surface area contributed by atoms with Crippen molar-refractivity contribution in [2.75, 3.05) is 18.2 Å². The number of hydrogen-bond acceptors (Lipinski definition) is 6. The predicted molar refractivity (Wildman–Crippen MR) is 103 cm³/mol. The number of carbonyl (C=O) groups is 1. The molecule has 3 aromatic rings. The largest absolute Gasteiger partial charge is 0.494 e. The van der Waals surface area contributed by atoms with Crippen LogP contribution in [-0.4, -0.2) is 32.2 Å². The smallest absolute Gasteiger partial charge is 0.259 e. The summed E-state index contributed by atoms with van der Waals surface area (Å²) in [5, 5.41) is 3.22. The number of halogens is 1. The number of aromatic nitrogens is 1. The van der Waals surface area contributed by atoms with Crippen LogP contribution < -0.4 is 10.1 Å². The highest BCUT2D eigenvalue weighted by Crippen LogP contribution is 2.30. The van der Waals surface area contributed by atoms with Gasteiger partial charge in [0.1, 0.15) is 5.75 Å². The van der Waals surface area contributed by atoms with Crippen molar-refractivity contribution in [2.24, 2.45) is 0 Å². The van der Waals surface area contributed by atoms with Crippen molar-refractivity contribution in [3.05, 3.63) is 47.0 Å². The van der Waals surface area contributed by atoms with Crippen molar-refractivity contribution in [3.63, 3.8) is 0 Å². The van der Waals surface area contributed by atoms with Gasteiger partial charge in [-0.3, -0.25) is 10.1 Å². The van der Waals surface area contributed by atoms with E-state index in [4.69, 9.17) is 16.3 Å². The average Bonchev–Trinajstić information content (AvgIpc) is 2.95. The molecule has 26 heavy (non-hydrogen) atoms. The van der Waals surface area contributed by atoms with E-state index in [0.717, 1.165) is 22.2 Å². The van der Waals surface area contributed by atoms with Gasteiger partial charge in [-0.1, -0.05) is 22.9 Å². The number of nitrogens with zero attached hydrogens (tertiary/aromatic N) is 1. The normalized spacial score (nSPS) is 11.5. The van der Waals surface area contributed by atoms with Crippen LogP contribution in [0.4, 0.5) is 5.13 Å². The van der Waals surface area contributed by atoms with Crippen molar-refractivity contribution in [1.82, 2.24) is 4.98 Å². The number of fused-ring (bicyclic) bond motifs is 1. The Bertz CT molecular complexity index is 1090. The fourth-order valence-electron chi connectivity index (χ4n) is 2.29. The van der Waals surface area contributed by atoms with E-state index in [0.29, 0.717) is 11.7 Å². The molecule has 0 spiro atoms. The molecule has 0 radical (unpaired) electrons. The minimum absolute atomic E-state index is 0.0257. The number of rotatable bonds is 5. The van der Waals surface area contributed by atoms with Gasteiger partial charge in [0.15, 0.2) is 15.0 Å². The highest BCUT2D eigenvalue weighted by molar-refractivity contribution is 7.90. The predicted octanol–water partition coefficient (Wildman–Crippen LogP) is 4.00. The van der Waals surface area contributed by atoms with E-state index in [-0.39, 0.29) is 15.5 Å². The molecule has 0 aliphatic carbocycles. The Hall–Kier alpha value is -2.16. The fourth-order valence-corrected chi connectivity index (χ4v) is 4.03. The third-order valence-corrected chi connectivity index (χ3v) is 5.88. The van der Waals surface area contributed by atoms with E-state index in [1.165, 1.54) is 29.5 Å². The summed E-state index contributed by atoms with van der Waals surface area (Å²) in [6, 6.07) is 9.48. The first kappa shape index (κ1) is 18.6. The zero-order valence-corrected chi connectivity index (χ0v) is 16.3. The van der Waals surface area contributed by atoms with Gasteiger partial charge in [0, 0.05) is 6.26 Å². The summed E-state index contributed by atoms with van der Waals surface area (Å²) in [6.07, 6.45) is 1.07. The number of ether oxygens (including phenoxy) is 1. The van der Waals surface area contributed by atoms with E-state index in [1.54, 1.807) is 0 Å². The third-order valence-electron chi connectivity index (χ3n) is 3.50. The van der Waals surface area contributed by atoms with Gasteiger partial charge in [-0.15, -0.1) is 0 Å². The summed E-state index contributed by atoms with van der Waals surface area (Å²) in [6.45, 7) is 2.46. The first-order valence-corrected chi connectivity index (χ1v) is 10.7. The van der Waals surface area contributed by atoms with Crippen molar-refractivity contribution >= 4 is 54.0 Å². The van der Waals surface area contributed by atoms with Crippen LogP contribution in [0.25, 0.3) is 10.2 Å². The molecule has 0 bridgehead atoms. The van der Waals surface area contributed by atoms with Crippen LogP contribution in [0.1, 0.15) is 17.3 Å². The SMILES string of the molecule is CCOc1ccc2nc(NC(=O)c3cc(S(C)(=O)=O)ccc3Cl)sc2c1. The molecular weight excluding hydrogens is 396 g/mol. The van der Waals surface area contributed by atoms with Gasteiger partial charge in [-0.25, -0.2) is 13.4 Å². The van der Waals surface area contributed by atoms with Crippen molar-refractivity contribution in [1.29, 1.82) is 0 Å². The number of nitrogens with one attached hydrogen (secondary N) is 1. The quantitative estimate of drug-likeness (QED) is 0.687. The summed E-state index contributed by atoms with van der Waals surface area (Å²) in [7, 11) is -3.44. The molecule has 0 unspecified atom stereocenters. The Morgan fingerprint density at radius 2 is 2.04 bits per heavy atom. The number of carbonyl (C=O) groups excluding carboxylic acids is 1. The number of amides is 1. The molecule has 0 saturated carbocycles. The molecule has 1 aromatic heterocycles. The van der Waals surface area contributed by atoms with E-state index in [1.807, 2.05) is 25.1 Å². The van der Waals surface area contributed by atoms with Gasteiger partial charge in [0.05, 0.1) is 32.3 Å². The van der Waals surface area contributed by atoms with Crippen LogP contribution in [0.5, 0.6) is 5.75 Å². The fraction of sp³-hybridized carbons (Fsp3) is 0.176. The monoisotopic (exact) mass is 410 g/mol. The molecule has 0 saturated heterocycles. The maximum absolute atomic E-state index is 12.5. The number of hydrogen-bond donors (Lipinski definition) is 1. The lowest BCUT2D eigenvalue weighted by molar-refractivity contribution is 0.102.